The number of carboxylic acids is 1. The first kappa shape index (κ1) is 25.0. The predicted octanol–water partition coefficient (Wildman–Crippen LogP) is 3.49. The zero-order chi connectivity index (χ0) is 25.0. The zero-order valence-corrected chi connectivity index (χ0v) is 20.4. The second-order valence-electron chi connectivity index (χ2n) is 8.38. The normalized spacial score (nSPS) is 15.9. The molecule has 2 aromatic rings. The van der Waals surface area contributed by atoms with Gasteiger partial charge in [0.25, 0.3) is 0 Å². The molecule has 3 rings (SSSR count). The molecule has 0 aromatic heterocycles. The Hall–Kier alpha value is -3.62. The largest absolute Gasteiger partial charge is 0.493 e. The van der Waals surface area contributed by atoms with Gasteiger partial charge in [0.15, 0.2) is 23.0 Å². The van der Waals surface area contributed by atoms with E-state index in [9.17, 15) is 14.7 Å². The minimum Gasteiger partial charge on any atom is -0.493 e. The third kappa shape index (κ3) is 4.83. The summed E-state index contributed by atoms with van der Waals surface area (Å²) in [7, 11) is 6.25. The van der Waals surface area contributed by atoms with Gasteiger partial charge in [0.1, 0.15) is 6.04 Å². The molecular weight excluding hydrogens is 440 g/mol. The Labute approximate surface area is 199 Å². The van der Waals surface area contributed by atoms with Gasteiger partial charge in [-0.05, 0) is 53.3 Å². The van der Waals surface area contributed by atoms with Crippen LogP contribution in [0.1, 0.15) is 36.6 Å². The van der Waals surface area contributed by atoms with Crippen molar-refractivity contribution < 1.29 is 33.6 Å². The molecule has 0 saturated heterocycles. The maximum absolute atomic E-state index is 13.4. The van der Waals surface area contributed by atoms with Crippen molar-refractivity contribution in [2.24, 2.45) is 5.92 Å². The van der Waals surface area contributed by atoms with E-state index in [1.54, 1.807) is 53.3 Å². The molecule has 0 unspecified atom stereocenters. The summed E-state index contributed by atoms with van der Waals surface area (Å²) in [4.78, 5) is 26.8. The SMILES string of the molecule is COc1ccc([C@H]2c3cc(OC)c(OC)cc3CCN2C(=O)N[C@H](C(=O)O)C(C)C)cc1OC. The second-order valence-corrected chi connectivity index (χ2v) is 8.38. The number of ether oxygens (including phenoxy) is 4. The number of nitrogens with one attached hydrogen (secondary N) is 1. The van der Waals surface area contributed by atoms with Crippen molar-refractivity contribution in [3.8, 4) is 23.0 Å². The second kappa shape index (κ2) is 10.5. The van der Waals surface area contributed by atoms with Gasteiger partial charge in [-0.2, -0.15) is 0 Å². The van der Waals surface area contributed by atoms with Gasteiger partial charge in [-0.3, -0.25) is 0 Å². The highest BCUT2D eigenvalue weighted by molar-refractivity contribution is 5.83. The Morgan fingerprint density at radius 3 is 2.09 bits per heavy atom. The molecule has 2 aromatic carbocycles. The first-order valence-electron chi connectivity index (χ1n) is 11.0. The number of hydrogen-bond acceptors (Lipinski definition) is 6. The van der Waals surface area contributed by atoms with Gasteiger partial charge in [0.05, 0.1) is 34.5 Å². The van der Waals surface area contributed by atoms with Crippen molar-refractivity contribution >= 4 is 12.0 Å². The van der Waals surface area contributed by atoms with Gasteiger partial charge in [-0.25, -0.2) is 9.59 Å². The van der Waals surface area contributed by atoms with Crippen LogP contribution in [-0.4, -0.2) is 63.0 Å². The summed E-state index contributed by atoms with van der Waals surface area (Å²) < 4.78 is 21.9. The van der Waals surface area contributed by atoms with Crippen LogP contribution in [0.3, 0.4) is 0 Å². The molecule has 0 saturated carbocycles. The van der Waals surface area contributed by atoms with Gasteiger partial charge in [0, 0.05) is 6.54 Å². The van der Waals surface area contributed by atoms with Crippen LogP contribution in [0.5, 0.6) is 23.0 Å². The van der Waals surface area contributed by atoms with Crippen molar-refractivity contribution in [2.45, 2.75) is 32.4 Å². The van der Waals surface area contributed by atoms with E-state index in [0.717, 1.165) is 16.7 Å². The van der Waals surface area contributed by atoms with Crippen molar-refractivity contribution in [2.75, 3.05) is 35.0 Å². The molecule has 2 amide bonds. The lowest BCUT2D eigenvalue weighted by molar-refractivity contribution is -0.140. The summed E-state index contributed by atoms with van der Waals surface area (Å²) in [5.74, 6) is 0.891. The average Bonchev–Trinajstić information content (AvgIpc) is 2.84. The summed E-state index contributed by atoms with van der Waals surface area (Å²) >= 11 is 0. The molecule has 1 aliphatic rings. The monoisotopic (exact) mass is 472 g/mol. The Morgan fingerprint density at radius 1 is 0.941 bits per heavy atom. The summed E-state index contributed by atoms with van der Waals surface area (Å²) in [5, 5.41) is 12.3. The molecule has 0 aliphatic carbocycles. The maximum atomic E-state index is 13.4. The molecule has 2 N–H and O–H groups in total. The number of rotatable bonds is 8. The fourth-order valence-corrected chi connectivity index (χ4v) is 4.28. The van der Waals surface area contributed by atoms with Crippen LogP contribution in [0, 0.1) is 5.92 Å². The lowest BCUT2D eigenvalue weighted by Crippen LogP contribution is -2.52. The highest BCUT2D eigenvalue weighted by atomic mass is 16.5. The van der Waals surface area contributed by atoms with Crippen molar-refractivity contribution in [3.63, 3.8) is 0 Å². The molecule has 34 heavy (non-hydrogen) atoms. The fourth-order valence-electron chi connectivity index (χ4n) is 4.28. The number of hydrogen-bond donors (Lipinski definition) is 2. The number of aliphatic carboxylic acids is 1. The van der Waals surface area contributed by atoms with Gasteiger partial charge in [0.2, 0.25) is 0 Å². The van der Waals surface area contributed by atoms with E-state index in [1.807, 2.05) is 24.3 Å². The third-order valence-electron chi connectivity index (χ3n) is 6.07. The lowest BCUT2D eigenvalue weighted by Gasteiger charge is -2.39. The number of carboxylic acid groups (broad SMARTS) is 1. The van der Waals surface area contributed by atoms with E-state index < -0.39 is 24.1 Å². The summed E-state index contributed by atoms with van der Waals surface area (Å²) in [5.41, 5.74) is 2.67. The van der Waals surface area contributed by atoms with E-state index in [2.05, 4.69) is 5.32 Å². The predicted molar refractivity (Wildman–Crippen MR) is 126 cm³/mol. The molecule has 1 aliphatic heterocycles. The number of carbonyl (C=O) groups is 2. The van der Waals surface area contributed by atoms with Crippen LogP contribution >= 0.6 is 0 Å². The molecule has 0 bridgehead atoms. The molecule has 0 radical (unpaired) electrons. The van der Waals surface area contributed by atoms with Crippen molar-refractivity contribution in [3.05, 3.63) is 47.0 Å². The minimum atomic E-state index is -1.07. The summed E-state index contributed by atoms with van der Waals surface area (Å²) in [6.07, 6.45) is 0.576. The Balaban J connectivity index is 2.13. The molecule has 9 nitrogen and oxygen atoms in total. The number of urea groups is 1. The first-order chi connectivity index (χ1) is 16.2. The highest BCUT2D eigenvalue weighted by Gasteiger charge is 2.36. The van der Waals surface area contributed by atoms with Gasteiger partial charge in [-0.1, -0.05) is 19.9 Å². The zero-order valence-electron chi connectivity index (χ0n) is 20.4. The third-order valence-corrected chi connectivity index (χ3v) is 6.07. The highest BCUT2D eigenvalue weighted by Crippen LogP contribution is 2.42. The fraction of sp³-hybridized carbons (Fsp3) is 0.440. The number of carbonyl (C=O) groups excluding carboxylic acids is 1. The molecular formula is C25H32N2O7. The van der Waals surface area contributed by atoms with Crippen LogP contribution in [0.15, 0.2) is 30.3 Å². The Bertz CT molecular complexity index is 1050. The van der Waals surface area contributed by atoms with E-state index in [1.165, 1.54) is 0 Å². The van der Waals surface area contributed by atoms with Gasteiger partial charge in [-0.15, -0.1) is 0 Å². The molecule has 184 valence electrons. The number of fused-ring (bicyclic) bond motifs is 1. The molecule has 9 heteroatoms. The number of methoxy groups -OCH3 is 4. The van der Waals surface area contributed by atoms with Gasteiger partial charge >= 0.3 is 12.0 Å². The average molecular weight is 473 g/mol. The van der Waals surface area contributed by atoms with Crippen LogP contribution in [-0.2, 0) is 11.2 Å². The Kier molecular flexibility index (Phi) is 7.75. The van der Waals surface area contributed by atoms with Gasteiger partial charge < -0.3 is 34.3 Å². The molecule has 0 fully saturated rings. The molecule has 2 atom stereocenters. The number of amides is 2. The number of benzene rings is 2. The first-order valence-corrected chi connectivity index (χ1v) is 11.0. The van der Waals surface area contributed by atoms with E-state index in [0.29, 0.717) is 36.0 Å². The van der Waals surface area contributed by atoms with Crippen LogP contribution in [0.4, 0.5) is 4.79 Å². The van der Waals surface area contributed by atoms with E-state index in [-0.39, 0.29) is 5.92 Å². The standard InChI is InChI=1S/C25H32N2O7/c1-14(2)22(24(28)29)26-25(30)27-10-9-15-11-20(33-5)21(34-6)13-17(15)23(27)16-7-8-18(31-3)19(12-16)32-4/h7-8,11-14,22-23H,9-10H2,1-6H3,(H,26,30)(H,28,29)/t22-,23-/m0/s1. The van der Waals surface area contributed by atoms with Crippen LogP contribution in [0.2, 0.25) is 0 Å². The van der Waals surface area contributed by atoms with Crippen molar-refractivity contribution in [1.82, 2.24) is 10.2 Å². The Morgan fingerprint density at radius 2 is 1.53 bits per heavy atom. The van der Waals surface area contributed by atoms with Crippen molar-refractivity contribution in [1.29, 1.82) is 0 Å². The molecule has 1 heterocycles. The summed E-state index contributed by atoms with van der Waals surface area (Å²) in [6.45, 7) is 3.90. The lowest BCUT2D eigenvalue weighted by atomic mass is 9.87. The minimum absolute atomic E-state index is 0.276. The molecule has 0 spiro atoms. The van der Waals surface area contributed by atoms with Crippen LogP contribution in [0.25, 0.3) is 0 Å². The van der Waals surface area contributed by atoms with E-state index >= 15 is 0 Å². The van der Waals surface area contributed by atoms with E-state index in [4.69, 9.17) is 18.9 Å². The summed E-state index contributed by atoms with van der Waals surface area (Å²) in [6, 6.07) is 7.30. The number of nitrogens with zero attached hydrogens (tertiary/aromatic N) is 1. The topological polar surface area (TPSA) is 107 Å². The van der Waals surface area contributed by atoms with Crippen LogP contribution < -0.4 is 24.3 Å². The smallest absolute Gasteiger partial charge is 0.326 e. The maximum Gasteiger partial charge on any atom is 0.326 e. The quantitative estimate of drug-likeness (QED) is 0.606.